The lowest BCUT2D eigenvalue weighted by atomic mass is 10.0. The van der Waals surface area contributed by atoms with Crippen LogP contribution in [0, 0.1) is 13.8 Å². The van der Waals surface area contributed by atoms with Crippen LogP contribution in [-0.2, 0) is 9.59 Å². The highest BCUT2D eigenvalue weighted by Gasteiger charge is 2.15. The fourth-order valence-corrected chi connectivity index (χ4v) is 3.47. The highest BCUT2D eigenvalue weighted by molar-refractivity contribution is 5.93. The van der Waals surface area contributed by atoms with Crippen molar-refractivity contribution in [1.82, 2.24) is 10.2 Å². The Morgan fingerprint density at radius 1 is 0.900 bits per heavy atom. The Labute approximate surface area is 178 Å². The van der Waals surface area contributed by atoms with Crippen LogP contribution in [0.3, 0.4) is 0 Å². The Morgan fingerprint density at radius 2 is 1.60 bits per heavy atom. The van der Waals surface area contributed by atoms with Gasteiger partial charge in [-0.1, -0.05) is 48.5 Å². The molecule has 5 nitrogen and oxygen atoms in total. The van der Waals surface area contributed by atoms with Crippen LogP contribution in [0.4, 0.5) is 5.69 Å². The summed E-state index contributed by atoms with van der Waals surface area (Å²) < 4.78 is 0. The van der Waals surface area contributed by atoms with E-state index in [0.717, 1.165) is 27.8 Å². The third-order valence-corrected chi connectivity index (χ3v) is 5.36. The number of hydrogen-bond acceptors (Lipinski definition) is 3. The number of benzene rings is 3. The lowest BCUT2D eigenvalue weighted by Crippen LogP contribution is -2.39. The van der Waals surface area contributed by atoms with Crippen LogP contribution in [0.1, 0.15) is 29.7 Å². The number of hydrogen-bond donors (Lipinski definition) is 2. The van der Waals surface area contributed by atoms with Crippen LogP contribution in [0.25, 0.3) is 10.8 Å². The molecule has 3 aromatic carbocycles. The number of carbonyl (C=O) groups excluding carboxylic acids is 2. The van der Waals surface area contributed by atoms with Gasteiger partial charge in [0.05, 0.1) is 19.1 Å². The topological polar surface area (TPSA) is 61.4 Å². The summed E-state index contributed by atoms with van der Waals surface area (Å²) >= 11 is 0. The number of amides is 2. The van der Waals surface area contributed by atoms with E-state index >= 15 is 0 Å². The van der Waals surface area contributed by atoms with E-state index in [1.165, 1.54) is 5.39 Å². The molecule has 2 N–H and O–H groups in total. The summed E-state index contributed by atoms with van der Waals surface area (Å²) in [6.45, 7) is 6.26. The molecule has 0 saturated heterocycles. The fourth-order valence-electron chi connectivity index (χ4n) is 3.47. The Bertz CT molecular complexity index is 1060. The van der Waals surface area contributed by atoms with Crippen LogP contribution >= 0.6 is 0 Å². The molecule has 0 saturated carbocycles. The molecule has 0 aromatic heterocycles. The maximum Gasteiger partial charge on any atom is 0.238 e. The normalized spacial score (nSPS) is 12.0. The van der Waals surface area contributed by atoms with Crippen LogP contribution in [-0.4, -0.2) is 36.9 Å². The fraction of sp³-hybridized carbons (Fsp3) is 0.280. The predicted molar refractivity (Wildman–Crippen MR) is 123 cm³/mol. The largest absolute Gasteiger partial charge is 0.348 e. The van der Waals surface area contributed by atoms with E-state index in [1.807, 2.05) is 57.2 Å². The molecular formula is C25H29N3O2. The van der Waals surface area contributed by atoms with Gasteiger partial charge in [0.1, 0.15) is 0 Å². The molecule has 0 radical (unpaired) electrons. The first kappa shape index (κ1) is 21.5. The maximum atomic E-state index is 12.5. The molecule has 0 aliphatic heterocycles. The Kier molecular flexibility index (Phi) is 6.85. The quantitative estimate of drug-likeness (QED) is 0.621. The van der Waals surface area contributed by atoms with Gasteiger partial charge >= 0.3 is 0 Å². The third-order valence-electron chi connectivity index (χ3n) is 5.36. The standard InChI is InChI=1S/C25H29N3O2/c1-17-8-7-11-23(18(17)2)27-25(30)16-28(4)15-24(29)26-19(3)21-13-12-20-9-5-6-10-22(20)14-21/h5-14,19H,15-16H2,1-4H3,(H,26,29)(H,27,30)/t19-/m0/s1. The van der Waals surface area contributed by atoms with E-state index < -0.39 is 0 Å². The van der Waals surface area contributed by atoms with Crippen molar-refractivity contribution in [2.75, 3.05) is 25.5 Å². The van der Waals surface area contributed by atoms with Gasteiger partial charge in [-0.3, -0.25) is 14.5 Å². The molecular weight excluding hydrogens is 374 g/mol. The number of carbonyl (C=O) groups is 2. The molecule has 0 spiro atoms. The predicted octanol–water partition coefficient (Wildman–Crippen LogP) is 4.20. The highest BCUT2D eigenvalue weighted by atomic mass is 16.2. The van der Waals surface area contributed by atoms with E-state index in [0.29, 0.717) is 0 Å². The maximum absolute atomic E-state index is 12.5. The van der Waals surface area contributed by atoms with Gasteiger partial charge < -0.3 is 10.6 Å². The summed E-state index contributed by atoms with van der Waals surface area (Å²) in [7, 11) is 1.77. The van der Waals surface area contributed by atoms with Crippen molar-refractivity contribution >= 4 is 28.3 Å². The number of anilines is 1. The van der Waals surface area contributed by atoms with Crippen molar-refractivity contribution in [3.05, 3.63) is 77.4 Å². The smallest absolute Gasteiger partial charge is 0.238 e. The number of fused-ring (bicyclic) bond motifs is 1. The van der Waals surface area contributed by atoms with Gasteiger partial charge in [-0.05, 0) is 67.4 Å². The van der Waals surface area contributed by atoms with Crippen molar-refractivity contribution in [2.45, 2.75) is 26.8 Å². The molecule has 156 valence electrons. The first-order valence-electron chi connectivity index (χ1n) is 10.2. The summed E-state index contributed by atoms with van der Waals surface area (Å²) in [6.07, 6.45) is 0. The average Bonchev–Trinajstić information content (AvgIpc) is 2.70. The molecule has 1 atom stereocenters. The van der Waals surface area contributed by atoms with Crippen molar-refractivity contribution < 1.29 is 9.59 Å². The minimum absolute atomic E-state index is 0.112. The third kappa shape index (κ3) is 5.45. The second-order valence-electron chi connectivity index (χ2n) is 7.86. The van der Waals surface area contributed by atoms with E-state index in [2.05, 4.69) is 34.9 Å². The molecule has 0 bridgehead atoms. The summed E-state index contributed by atoms with van der Waals surface area (Å²) in [5.41, 5.74) is 4.04. The second-order valence-corrected chi connectivity index (χ2v) is 7.86. The lowest BCUT2D eigenvalue weighted by Gasteiger charge is -2.19. The summed E-state index contributed by atoms with van der Waals surface area (Å²) in [5.74, 6) is -0.251. The summed E-state index contributed by atoms with van der Waals surface area (Å²) in [4.78, 5) is 26.5. The van der Waals surface area contributed by atoms with Crippen molar-refractivity contribution in [3.63, 3.8) is 0 Å². The molecule has 3 rings (SSSR count). The van der Waals surface area contributed by atoms with Gasteiger partial charge in [-0.15, -0.1) is 0 Å². The molecule has 5 heteroatoms. The Balaban J connectivity index is 1.52. The van der Waals surface area contributed by atoms with Crippen LogP contribution in [0.5, 0.6) is 0 Å². The van der Waals surface area contributed by atoms with Gasteiger partial charge in [0.25, 0.3) is 0 Å². The van der Waals surface area contributed by atoms with Crippen LogP contribution in [0.2, 0.25) is 0 Å². The summed E-state index contributed by atoms with van der Waals surface area (Å²) in [6, 6.07) is 20.1. The molecule has 0 aliphatic carbocycles. The van der Waals surface area contributed by atoms with Gasteiger partial charge in [0, 0.05) is 5.69 Å². The lowest BCUT2D eigenvalue weighted by molar-refractivity contribution is -0.123. The van der Waals surface area contributed by atoms with Gasteiger partial charge in [-0.25, -0.2) is 0 Å². The highest BCUT2D eigenvalue weighted by Crippen LogP contribution is 2.20. The molecule has 30 heavy (non-hydrogen) atoms. The summed E-state index contributed by atoms with van der Waals surface area (Å²) in [5, 5.41) is 8.27. The zero-order valence-electron chi connectivity index (χ0n) is 18.0. The number of nitrogens with zero attached hydrogens (tertiary/aromatic N) is 1. The Morgan fingerprint density at radius 3 is 2.37 bits per heavy atom. The minimum atomic E-state index is -0.137. The van der Waals surface area contributed by atoms with Crippen molar-refractivity contribution in [2.24, 2.45) is 0 Å². The minimum Gasteiger partial charge on any atom is -0.348 e. The molecule has 0 fully saturated rings. The molecule has 3 aromatic rings. The van der Waals surface area contributed by atoms with Crippen molar-refractivity contribution in [1.29, 1.82) is 0 Å². The van der Waals surface area contributed by atoms with E-state index in [4.69, 9.17) is 0 Å². The zero-order valence-corrected chi connectivity index (χ0v) is 18.0. The van der Waals surface area contributed by atoms with Gasteiger partial charge in [0.15, 0.2) is 0 Å². The second kappa shape index (κ2) is 9.55. The van der Waals surface area contributed by atoms with E-state index in [-0.39, 0.29) is 30.9 Å². The van der Waals surface area contributed by atoms with E-state index in [9.17, 15) is 9.59 Å². The number of nitrogens with one attached hydrogen (secondary N) is 2. The molecule has 2 amide bonds. The van der Waals surface area contributed by atoms with Crippen molar-refractivity contribution in [3.8, 4) is 0 Å². The SMILES string of the molecule is Cc1cccc(NC(=O)CN(C)CC(=O)N[C@@H](C)c2ccc3ccccc3c2)c1C. The number of rotatable bonds is 7. The number of aryl methyl sites for hydroxylation is 1. The zero-order chi connectivity index (χ0) is 21.7. The van der Waals surface area contributed by atoms with E-state index in [1.54, 1.807) is 11.9 Å². The molecule has 0 unspecified atom stereocenters. The first-order valence-corrected chi connectivity index (χ1v) is 10.2. The average molecular weight is 404 g/mol. The van der Waals surface area contributed by atoms with Crippen LogP contribution < -0.4 is 10.6 Å². The number of likely N-dealkylation sites (N-methyl/N-ethyl adjacent to an activating group) is 1. The first-order chi connectivity index (χ1) is 14.3. The Hall–Kier alpha value is -3.18. The molecule has 0 aliphatic rings. The van der Waals surface area contributed by atoms with Gasteiger partial charge in [0.2, 0.25) is 11.8 Å². The molecule has 0 heterocycles. The monoisotopic (exact) mass is 403 g/mol. The van der Waals surface area contributed by atoms with Gasteiger partial charge in [-0.2, -0.15) is 0 Å². The van der Waals surface area contributed by atoms with Crippen LogP contribution in [0.15, 0.2) is 60.7 Å².